The minimum atomic E-state index is 0.694. The summed E-state index contributed by atoms with van der Waals surface area (Å²) in [5.74, 6) is 2.56. The topological polar surface area (TPSA) is 21.3 Å². The highest BCUT2D eigenvalue weighted by Crippen LogP contribution is 2.36. The first-order chi connectivity index (χ1) is 8.81. The summed E-state index contributed by atoms with van der Waals surface area (Å²) in [6, 6.07) is 8.52. The van der Waals surface area contributed by atoms with Crippen LogP contribution in [0.4, 0.5) is 0 Å². The summed E-state index contributed by atoms with van der Waals surface area (Å²) in [6.45, 7) is 7.60. The van der Waals surface area contributed by atoms with Crippen LogP contribution in [0.15, 0.2) is 24.3 Å². The van der Waals surface area contributed by atoms with Crippen molar-refractivity contribution < 1.29 is 4.74 Å². The summed E-state index contributed by atoms with van der Waals surface area (Å²) in [4.78, 5) is 0. The maximum atomic E-state index is 5.71. The molecule has 0 saturated heterocycles. The Morgan fingerprint density at radius 2 is 2.22 bits per heavy atom. The Balaban J connectivity index is 1.87. The van der Waals surface area contributed by atoms with Crippen molar-refractivity contribution >= 4 is 0 Å². The number of rotatable bonds is 6. The first kappa shape index (κ1) is 13.4. The highest BCUT2D eigenvalue weighted by atomic mass is 16.5. The molecule has 100 valence electrons. The Labute approximate surface area is 111 Å². The van der Waals surface area contributed by atoms with E-state index in [0.717, 1.165) is 31.4 Å². The van der Waals surface area contributed by atoms with Crippen LogP contribution in [-0.4, -0.2) is 19.7 Å². The average molecular weight is 247 g/mol. The number of hydrogen-bond donors (Lipinski definition) is 1. The van der Waals surface area contributed by atoms with Gasteiger partial charge in [0, 0.05) is 0 Å². The van der Waals surface area contributed by atoms with E-state index < -0.39 is 0 Å². The largest absolute Gasteiger partial charge is 0.493 e. The summed E-state index contributed by atoms with van der Waals surface area (Å²) < 4.78 is 5.71. The Morgan fingerprint density at radius 1 is 1.39 bits per heavy atom. The van der Waals surface area contributed by atoms with Crippen molar-refractivity contribution in [3.05, 3.63) is 29.8 Å². The van der Waals surface area contributed by atoms with Gasteiger partial charge in [0.1, 0.15) is 5.75 Å². The maximum absolute atomic E-state index is 5.71. The zero-order valence-electron chi connectivity index (χ0n) is 11.6. The zero-order valence-corrected chi connectivity index (χ0v) is 11.6. The van der Waals surface area contributed by atoms with Crippen molar-refractivity contribution in [2.24, 2.45) is 5.92 Å². The molecule has 2 heteroatoms. The van der Waals surface area contributed by atoms with Gasteiger partial charge >= 0.3 is 0 Å². The van der Waals surface area contributed by atoms with Gasteiger partial charge in [0.05, 0.1) is 6.61 Å². The molecule has 1 N–H and O–H groups in total. The standard InChI is InChI=1S/C16H25NO/c1-3-17-12-13(2)8-9-14-10-11-18-16-7-5-4-6-15(14)16/h4-7,13-14,17H,3,8-12H2,1-2H3. The summed E-state index contributed by atoms with van der Waals surface area (Å²) in [5, 5.41) is 3.43. The van der Waals surface area contributed by atoms with Crippen molar-refractivity contribution in [3.63, 3.8) is 0 Å². The fourth-order valence-corrected chi connectivity index (χ4v) is 2.69. The van der Waals surface area contributed by atoms with Gasteiger partial charge < -0.3 is 10.1 Å². The molecule has 2 unspecified atom stereocenters. The number of nitrogens with one attached hydrogen (secondary N) is 1. The van der Waals surface area contributed by atoms with E-state index in [2.05, 4.69) is 43.4 Å². The van der Waals surface area contributed by atoms with Gasteiger partial charge in [0.25, 0.3) is 0 Å². The van der Waals surface area contributed by atoms with Gasteiger partial charge in [-0.05, 0) is 55.8 Å². The van der Waals surface area contributed by atoms with Gasteiger partial charge in [-0.25, -0.2) is 0 Å². The lowest BCUT2D eigenvalue weighted by atomic mass is 9.87. The molecule has 0 amide bonds. The fourth-order valence-electron chi connectivity index (χ4n) is 2.69. The van der Waals surface area contributed by atoms with Gasteiger partial charge in [-0.1, -0.05) is 32.0 Å². The summed E-state index contributed by atoms with van der Waals surface area (Å²) in [7, 11) is 0. The molecule has 0 radical (unpaired) electrons. The molecule has 18 heavy (non-hydrogen) atoms. The highest BCUT2D eigenvalue weighted by Gasteiger charge is 2.21. The molecule has 1 heterocycles. The molecule has 1 aromatic carbocycles. The minimum Gasteiger partial charge on any atom is -0.493 e. The molecule has 0 fully saturated rings. The molecule has 0 aromatic heterocycles. The average Bonchev–Trinajstić information content (AvgIpc) is 2.42. The molecule has 0 bridgehead atoms. The lowest BCUT2D eigenvalue weighted by Gasteiger charge is -2.26. The van der Waals surface area contributed by atoms with Crippen LogP contribution in [0.5, 0.6) is 5.75 Å². The summed E-state index contributed by atoms with van der Waals surface area (Å²) in [6.07, 6.45) is 3.75. The van der Waals surface area contributed by atoms with Crippen molar-refractivity contribution in [3.8, 4) is 5.75 Å². The lowest BCUT2D eigenvalue weighted by molar-refractivity contribution is 0.258. The lowest BCUT2D eigenvalue weighted by Crippen LogP contribution is -2.21. The first-order valence-electron chi connectivity index (χ1n) is 7.23. The van der Waals surface area contributed by atoms with E-state index in [1.54, 1.807) is 0 Å². The van der Waals surface area contributed by atoms with Gasteiger partial charge in [-0.15, -0.1) is 0 Å². The normalized spacial score (nSPS) is 20.0. The number of benzene rings is 1. The summed E-state index contributed by atoms with van der Waals surface area (Å²) in [5.41, 5.74) is 1.42. The van der Waals surface area contributed by atoms with E-state index in [1.165, 1.54) is 24.8 Å². The van der Waals surface area contributed by atoms with Crippen LogP contribution in [-0.2, 0) is 0 Å². The summed E-state index contributed by atoms with van der Waals surface area (Å²) >= 11 is 0. The molecule has 0 saturated carbocycles. The van der Waals surface area contributed by atoms with E-state index in [4.69, 9.17) is 4.74 Å². The van der Waals surface area contributed by atoms with Crippen LogP contribution < -0.4 is 10.1 Å². The highest BCUT2D eigenvalue weighted by molar-refractivity contribution is 5.37. The second kappa shape index (κ2) is 6.79. The SMILES string of the molecule is CCNCC(C)CCC1CCOc2ccccc21. The van der Waals surface area contributed by atoms with Gasteiger partial charge in [-0.3, -0.25) is 0 Å². The van der Waals surface area contributed by atoms with Crippen molar-refractivity contribution in [1.82, 2.24) is 5.32 Å². The van der Waals surface area contributed by atoms with Crippen LogP contribution >= 0.6 is 0 Å². The van der Waals surface area contributed by atoms with Crippen LogP contribution in [0.2, 0.25) is 0 Å². The Kier molecular flexibility index (Phi) is 5.06. The van der Waals surface area contributed by atoms with Crippen LogP contribution in [0.3, 0.4) is 0 Å². The fraction of sp³-hybridized carbons (Fsp3) is 0.625. The molecule has 2 nitrogen and oxygen atoms in total. The molecular formula is C16H25NO. The first-order valence-corrected chi connectivity index (χ1v) is 7.23. The van der Waals surface area contributed by atoms with Crippen LogP contribution in [0, 0.1) is 5.92 Å². The smallest absolute Gasteiger partial charge is 0.122 e. The van der Waals surface area contributed by atoms with E-state index in [-0.39, 0.29) is 0 Å². The second-order valence-corrected chi connectivity index (χ2v) is 5.36. The van der Waals surface area contributed by atoms with Gasteiger partial charge in [0.2, 0.25) is 0 Å². The maximum Gasteiger partial charge on any atom is 0.122 e. The van der Waals surface area contributed by atoms with Crippen molar-refractivity contribution in [2.45, 2.75) is 39.0 Å². The van der Waals surface area contributed by atoms with Crippen molar-refractivity contribution in [2.75, 3.05) is 19.7 Å². The van der Waals surface area contributed by atoms with Gasteiger partial charge in [-0.2, -0.15) is 0 Å². The van der Waals surface area contributed by atoms with E-state index in [9.17, 15) is 0 Å². The van der Waals surface area contributed by atoms with E-state index >= 15 is 0 Å². The third kappa shape index (κ3) is 3.49. The number of hydrogen-bond acceptors (Lipinski definition) is 2. The van der Waals surface area contributed by atoms with Crippen LogP contribution in [0.1, 0.15) is 44.6 Å². The number of para-hydroxylation sites is 1. The molecule has 1 aromatic rings. The number of fused-ring (bicyclic) bond motifs is 1. The number of ether oxygens (including phenoxy) is 1. The Hall–Kier alpha value is -1.02. The molecule has 1 aliphatic heterocycles. The second-order valence-electron chi connectivity index (χ2n) is 5.36. The molecule has 1 aliphatic rings. The Bertz CT molecular complexity index is 364. The van der Waals surface area contributed by atoms with Crippen molar-refractivity contribution in [1.29, 1.82) is 0 Å². The third-order valence-electron chi connectivity index (χ3n) is 3.83. The Morgan fingerprint density at radius 3 is 3.06 bits per heavy atom. The monoisotopic (exact) mass is 247 g/mol. The van der Waals surface area contributed by atoms with E-state index in [1.807, 2.05) is 0 Å². The predicted octanol–water partition coefficient (Wildman–Crippen LogP) is 3.58. The molecule has 0 spiro atoms. The molecular weight excluding hydrogens is 222 g/mol. The minimum absolute atomic E-state index is 0.694. The quantitative estimate of drug-likeness (QED) is 0.829. The zero-order chi connectivity index (χ0) is 12.8. The third-order valence-corrected chi connectivity index (χ3v) is 3.83. The van der Waals surface area contributed by atoms with E-state index in [0.29, 0.717) is 5.92 Å². The molecule has 2 atom stereocenters. The van der Waals surface area contributed by atoms with Crippen LogP contribution in [0.25, 0.3) is 0 Å². The molecule has 2 rings (SSSR count). The van der Waals surface area contributed by atoms with Gasteiger partial charge in [0.15, 0.2) is 0 Å². The molecule has 0 aliphatic carbocycles. The predicted molar refractivity (Wildman–Crippen MR) is 76.2 cm³/mol.